The number of rotatable bonds is 14. The van der Waals surface area contributed by atoms with Crippen LogP contribution in [-0.4, -0.2) is 68.8 Å². The highest BCUT2D eigenvalue weighted by Gasteiger charge is 2.31. The maximum atomic E-state index is 12.6. The molecule has 13 nitrogen and oxygen atoms in total. The number of carbonyl (C=O) groups excluding carboxylic acids is 2. The predicted octanol–water partition coefficient (Wildman–Crippen LogP) is 8.07. The Morgan fingerprint density at radius 1 is 0.827 bits per heavy atom. The lowest BCUT2D eigenvalue weighted by molar-refractivity contribution is -0.0379. The number of hydrogen-bond donors (Lipinski definition) is 3. The Bertz CT molecular complexity index is 1720. The van der Waals surface area contributed by atoms with Crippen LogP contribution in [0.4, 0.5) is 16.2 Å². The molecule has 2 heterocycles. The molecule has 2 atom stereocenters. The van der Waals surface area contributed by atoms with E-state index in [0.29, 0.717) is 58.1 Å². The summed E-state index contributed by atoms with van der Waals surface area (Å²) in [5, 5.41) is 16.3. The van der Waals surface area contributed by atoms with E-state index >= 15 is 0 Å². The third-order valence-electron chi connectivity index (χ3n) is 8.19. The van der Waals surface area contributed by atoms with Gasteiger partial charge in [0.25, 0.3) is 5.91 Å². The van der Waals surface area contributed by atoms with Crippen molar-refractivity contribution < 1.29 is 43.2 Å². The van der Waals surface area contributed by atoms with E-state index in [1.807, 2.05) is 62.4 Å². The molecule has 3 aromatic carbocycles. The summed E-state index contributed by atoms with van der Waals surface area (Å²) in [5.41, 5.74) is 3.48. The molecule has 5 rings (SSSR count). The zero-order valence-electron chi connectivity index (χ0n) is 30.5. The van der Waals surface area contributed by atoms with Crippen LogP contribution in [0.3, 0.4) is 0 Å². The standard InChI is InChI=1S/C27H38N2O8.C12H10N2O/c1-7-9-12-29(31)27(30)28-19-13-17(14-22(32-3)25(19)36-8-2)20-10-11-21(37-20)18-15-23(33-4)26(35-6)24(16-18)34-5;15-12(10-5-4-8-13-9-10)14-11-6-2-1-3-7-11/h13-16,20-21,31H,7-12H2,1-6H3,(H,28,30);1-9H,(H,14,15). The summed E-state index contributed by atoms with van der Waals surface area (Å²) in [7, 11) is 6.27. The van der Waals surface area contributed by atoms with E-state index in [-0.39, 0.29) is 24.7 Å². The third kappa shape index (κ3) is 10.3. The fourth-order valence-electron chi connectivity index (χ4n) is 5.57. The first-order valence-electron chi connectivity index (χ1n) is 17.1. The zero-order valence-corrected chi connectivity index (χ0v) is 30.5. The molecule has 3 amide bonds. The first-order valence-corrected chi connectivity index (χ1v) is 17.1. The zero-order chi connectivity index (χ0) is 37.5. The van der Waals surface area contributed by atoms with E-state index in [2.05, 4.69) is 15.6 Å². The summed E-state index contributed by atoms with van der Waals surface area (Å²) in [5.74, 6) is 2.37. The molecule has 1 fully saturated rings. The smallest absolute Gasteiger partial charge is 0.345 e. The average Bonchev–Trinajstić information content (AvgIpc) is 3.68. The van der Waals surface area contributed by atoms with Gasteiger partial charge in [-0.15, -0.1) is 0 Å². The van der Waals surface area contributed by atoms with E-state index in [0.717, 1.165) is 36.1 Å². The van der Waals surface area contributed by atoms with Crippen LogP contribution in [0, 0.1) is 0 Å². The minimum Gasteiger partial charge on any atom is -0.493 e. The first-order chi connectivity index (χ1) is 25.3. The number of amides is 3. The van der Waals surface area contributed by atoms with Gasteiger partial charge in [0.1, 0.15) is 0 Å². The molecule has 52 heavy (non-hydrogen) atoms. The van der Waals surface area contributed by atoms with Crippen LogP contribution in [0.1, 0.15) is 73.2 Å². The number of hydroxylamine groups is 2. The molecule has 1 aliphatic rings. The molecule has 2 unspecified atom stereocenters. The first kappa shape index (κ1) is 39.3. The highest BCUT2D eigenvalue weighted by molar-refractivity contribution is 6.04. The molecule has 4 aromatic rings. The van der Waals surface area contributed by atoms with E-state index in [4.69, 9.17) is 28.4 Å². The number of aromatic nitrogens is 1. The number of methoxy groups -OCH3 is 4. The van der Waals surface area contributed by atoms with Gasteiger partial charge < -0.3 is 39.1 Å². The lowest BCUT2D eigenvalue weighted by atomic mass is 10.0. The van der Waals surface area contributed by atoms with E-state index in [1.165, 1.54) is 6.20 Å². The predicted molar refractivity (Wildman–Crippen MR) is 197 cm³/mol. The van der Waals surface area contributed by atoms with Crippen molar-refractivity contribution in [1.82, 2.24) is 10.0 Å². The van der Waals surface area contributed by atoms with Crippen molar-refractivity contribution in [2.75, 3.05) is 52.2 Å². The lowest BCUT2D eigenvalue weighted by Crippen LogP contribution is -2.32. The number of unbranched alkanes of at least 4 members (excludes halogenated alkanes) is 1. The molecule has 1 saturated heterocycles. The minimum atomic E-state index is -0.642. The molecule has 13 heteroatoms. The molecule has 0 bridgehead atoms. The SMILES string of the molecule is CCCCN(O)C(=O)Nc1cc(C2CCC(c3cc(OC)c(OC)c(OC)c3)O2)cc(OC)c1OCC.O=C(Nc1ccccc1)c1cccnc1. The van der Waals surface area contributed by atoms with Gasteiger partial charge in [0, 0.05) is 18.1 Å². The maximum Gasteiger partial charge on any atom is 0.345 e. The number of benzene rings is 3. The Hall–Kier alpha value is -5.53. The van der Waals surface area contributed by atoms with Gasteiger partial charge in [0.05, 0.1) is 65.0 Å². The van der Waals surface area contributed by atoms with Gasteiger partial charge in [-0.3, -0.25) is 15.0 Å². The molecular weight excluding hydrogens is 668 g/mol. The van der Waals surface area contributed by atoms with Crippen LogP contribution in [-0.2, 0) is 4.74 Å². The third-order valence-corrected chi connectivity index (χ3v) is 8.19. The van der Waals surface area contributed by atoms with Crippen molar-refractivity contribution in [3.8, 4) is 28.7 Å². The fourth-order valence-corrected chi connectivity index (χ4v) is 5.57. The normalized spacial score (nSPS) is 14.7. The van der Waals surface area contributed by atoms with Crippen molar-refractivity contribution in [2.24, 2.45) is 0 Å². The Labute approximate surface area is 304 Å². The number of hydrogen-bond acceptors (Lipinski definition) is 10. The molecule has 3 N–H and O–H groups in total. The second kappa shape index (κ2) is 19.8. The second-order valence-electron chi connectivity index (χ2n) is 11.7. The number of pyridine rings is 1. The molecule has 0 saturated carbocycles. The number of ether oxygens (including phenoxy) is 6. The second-order valence-corrected chi connectivity index (χ2v) is 11.7. The van der Waals surface area contributed by atoms with E-state index < -0.39 is 6.03 Å². The Balaban J connectivity index is 0.000000334. The van der Waals surface area contributed by atoms with Gasteiger partial charge in [0.15, 0.2) is 23.0 Å². The van der Waals surface area contributed by atoms with Gasteiger partial charge in [-0.05, 0) is 85.8 Å². The Morgan fingerprint density at radius 2 is 1.44 bits per heavy atom. The maximum absolute atomic E-state index is 12.6. The summed E-state index contributed by atoms with van der Waals surface area (Å²) in [6.45, 7) is 4.44. The number of nitrogens with one attached hydrogen (secondary N) is 2. The van der Waals surface area contributed by atoms with Crippen LogP contribution in [0.25, 0.3) is 0 Å². The van der Waals surface area contributed by atoms with Crippen molar-refractivity contribution in [1.29, 1.82) is 0 Å². The van der Waals surface area contributed by atoms with E-state index in [1.54, 1.807) is 52.8 Å². The molecule has 278 valence electrons. The molecule has 1 aromatic heterocycles. The Kier molecular flexibility index (Phi) is 14.9. The van der Waals surface area contributed by atoms with Crippen LogP contribution in [0.2, 0.25) is 0 Å². The lowest BCUT2D eigenvalue weighted by Gasteiger charge is -2.22. The summed E-state index contributed by atoms with van der Waals surface area (Å²) in [4.78, 5) is 28.2. The van der Waals surface area contributed by atoms with Gasteiger partial charge in [-0.1, -0.05) is 31.5 Å². The fraction of sp³-hybridized carbons (Fsp3) is 0.359. The molecule has 0 spiro atoms. The van der Waals surface area contributed by atoms with Crippen LogP contribution < -0.4 is 34.3 Å². The summed E-state index contributed by atoms with van der Waals surface area (Å²) in [6, 6.07) is 19.6. The average molecular weight is 717 g/mol. The number of nitrogens with zero attached hydrogens (tertiary/aromatic N) is 2. The summed E-state index contributed by atoms with van der Waals surface area (Å²) in [6.07, 6.45) is 5.77. The van der Waals surface area contributed by atoms with Gasteiger partial charge >= 0.3 is 6.03 Å². The monoisotopic (exact) mass is 716 g/mol. The molecule has 0 aliphatic carbocycles. The van der Waals surface area contributed by atoms with Crippen molar-refractivity contribution in [3.05, 3.63) is 95.8 Å². The van der Waals surface area contributed by atoms with Crippen LogP contribution in [0.15, 0.2) is 79.1 Å². The minimum absolute atomic E-state index is 0.144. The highest BCUT2D eigenvalue weighted by Crippen LogP contribution is 2.48. The highest BCUT2D eigenvalue weighted by atomic mass is 16.5. The van der Waals surface area contributed by atoms with Crippen molar-refractivity contribution in [2.45, 2.75) is 51.7 Å². The van der Waals surface area contributed by atoms with E-state index in [9.17, 15) is 14.8 Å². The van der Waals surface area contributed by atoms with Crippen LogP contribution >= 0.6 is 0 Å². The number of urea groups is 1. The topological polar surface area (TPSA) is 150 Å². The van der Waals surface area contributed by atoms with Crippen LogP contribution in [0.5, 0.6) is 28.7 Å². The Morgan fingerprint density at radius 3 is 1.98 bits per heavy atom. The van der Waals surface area contributed by atoms with Gasteiger partial charge in [0.2, 0.25) is 5.75 Å². The van der Waals surface area contributed by atoms with Crippen molar-refractivity contribution in [3.63, 3.8) is 0 Å². The summed E-state index contributed by atoms with van der Waals surface area (Å²) < 4.78 is 34.2. The largest absolute Gasteiger partial charge is 0.493 e. The van der Waals surface area contributed by atoms with Crippen molar-refractivity contribution >= 4 is 23.3 Å². The van der Waals surface area contributed by atoms with Gasteiger partial charge in [-0.25, -0.2) is 9.86 Å². The summed E-state index contributed by atoms with van der Waals surface area (Å²) >= 11 is 0. The molecular formula is C39H48N4O9. The number of para-hydroxylation sites is 1. The number of carbonyl (C=O) groups is 2. The number of anilines is 2. The quantitative estimate of drug-likeness (QED) is 0.0864. The van der Waals surface area contributed by atoms with Gasteiger partial charge in [-0.2, -0.15) is 0 Å². The molecule has 0 radical (unpaired) electrons. The molecule has 1 aliphatic heterocycles.